The van der Waals surface area contributed by atoms with Gasteiger partial charge in [-0.2, -0.15) is 0 Å². The molecule has 2 aromatic rings. The fraction of sp³-hybridized carbons (Fsp3) is 0.350. The fourth-order valence-electron chi connectivity index (χ4n) is 3.81. The second kappa shape index (κ2) is 6.36. The normalized spacial score (nSPS) is 23.6. The lowest BCUT2D eigenvalue weighted by Gasteiger charge is -2.52. The van der Waals surface area contributed by atoms with E-state index in [0.29, 0.717) is 11.7 Å². The summed E-state index contributed by atoms with van der Waals surface area (Å²) in [5, 5.41) is 4.09. The molecule has 2 bridgehead atoms. The molecule has 0 unspecified atom stereocenters. The summed E-state index contributed by atoms with van der Waals surface area (Å²) in [5.41, 5.74) is 1.33. The van der Waals surface area contributed by atoms with Crippen molar-refractivity contribution >= 4 is 23.0 Å². The number of ether oxygens (including phenoxy) is 3. The van der Waals surface area contributed by atoms with Gasteiger partial charge < -0.3 is 19.5 Å². The molecule has 1 saturated heterocycles. The molecule has 1 N–H and O–H groups in total. The van der Waals surface area contributed by atoms with Crippen LogP contribution in [0.25, 0.3) is 0 Å². The van der Waals surface area contributed by atoms with Gasteiger partial charge in [0.2, 0.25) is 0 Å². The van der Waals surface area contributed by atoms with Crippen molar-refractivity contribution in [3.05, 3.63) is 48.0 Å². The van der Waals surface area contributed by atoms with Crippen molar-refractivity contribution in [2.24, 2.45) is 0 Å². The molecular weight excluding hydrogens is 348 g/mol. The SMILES string of the molecule is CCOc1ccccc1N1C(=S)N[C@@H]2C[C@]1(C)Oc1c(OC)cccc12. The number of benzene rings is 2. The van der Waals surface area contributed by atoms with Crippen molar-refractivity contribution in [1.29, 1.82) is 0 Å². The first-order valence-corrected chi connectivity index (χ1v) is 9.16. The van der Waals surface area contributed by atoms with Gasteiger partial charge in [-0.3, -0.25) is 4.90 Å². The van der Waals surface area contributed by atoms with Crippen molar-refractivity contribution in [1.82, 2.24) is 5.32 Å². The zero-order valence-electron chi connectivity index (χ0n) is 15.1. The van der Waals surface area contributed by atoms with E-state index in [1.54, 1.807) is 7.11 Å². The number of methoxy groups -OCH3 is 1. The topological polar surface area (TPSA) is 43.0 Å². The number of hydrogen-bond acceptors (Lipinski definition) is 4. The van der Waals surface area contributed by atoms with E-state index in [1.807, 2.05) is 48.2 Å². The lowest BCUT2D eigenvalue weighted by Crippen LogP contribution is -2.65. The van der Waals surface area contributed by atoms with Crippen LogP contribution in [0.2, 0.25) is 0 Å². The molecule has 0 aliphatic carbocycles. The van der Waals surface area contributed by atoms with Crippen LogP contribution < -0.4 is 24.4 Å². The van der Waals surface area contributed by atoms with Gasteiger partial charge in [0, 0.05) is 12.0 Å². The number of rotatable bonds is 4. The predicted molar refractivity (Wildman–Crippen MR) is 105 cm³/mol. The summed E-state index contributed by atoms with van der Waals surface area (Å²) in [5.74, 6) is 2.28. The van der Waals surface area contributed by atoms with E-state index in [0.717, 1.165) is 34.9 Å². The highest BCUT2D eigenvalue weighted by Crippen LogP contribution is 2.50. The second-order valence-corrected chi connectivity index (χ2v) is 6.98. The highest BCUT2D eigenvalue weighted by Gasteiger charge is 2.49. The molecule has 2 aromatic carbocycles. The molecule has 1 fully saturated rings. The van der Waals surface area contributed by atoms with Gasteiger partial charge in [0.15, 0.2) is 22.3 Å². The molecule has 0 amide bonds. The molecule has 26 heavy (non-hydrogen) atoms. The van der Waals surface area contributed by atoms with Crippen LogP contribution in [0.5, 0.6) is 17.2 Å². The molecular formula is C20H22N2O3S. The summed E-state index contributed by atoms with van der Waals surface area (Å²) in [7, 11) is 1.66. The molecule has 0 radical (unpaired) electrons. The Kier molecular flexibility index (Phi) is 4.15. The first kappa shape index (κ1) is 17.0. The molecule has 2 atom stereocenters. The van der Waals surface area contributed by atoms with Gasteiger partial charge >= 0.3 is 0 Å². The third-order valence-electron chi connectivity index (χ3n) is 4.89. The zero-order valence-corrected chi connectivity index (χ0v) is 15.9. The Morgan fingerprint density at radius 2 is 2.00 bits per heavy atom. The number of thiocarbonyl (C=S) groups is 1. The number of para-hydroxylation sites is 3. The van der Waals surface area contributed by atoms with E-state index in [-0.39, 0.29) is 6.04 Å². The van der Waals surface area contributed by atoms with Crippen molar-refractivity contribution in [2.75, 3.05) is 18.6 Å². The van der Waals surface area contributed by atoms with Crippen molar-refractivity contribution in [3.8, 4) is 17.2 Å². The van der Waals surface area contributed by atoms with E-state index in [4.69, 9.17) is 26.4 Å². The monoisotopic (exact) mass is 370 g/mol. The molecule has 0 spiro atoms. The van der Waals surface area contributed by atoms with Crippen LogP contribution in [0.4, 0.5) is 5.69 Å². The van der Waals surface area contributed by atoms with E-state index >= 15 is 0 Å². The van der Waals surface area contributed by atoms with Gasteiger partial charge in [-0.25, -0.2) is 0 Å². The van der Waals surface area contributed by atoms with Crippen LogP contribution >= 0.6 is 12.2 Å². The lowest BCUT2D eigenvalue weighted by molar-refractivity contribution is 0.0460. The van der Waals surface area contributed by atoms with Gasteiger partial charge in [-0.05, 0) is 44.3 Å². The molecule has 2 aliphatic heterocycles. The van der Waals surface area contributed by atoms with Crippen molar-refractivity contribution in [3.63, 3.8) is 0 Å². The number of fused-ring (bicyclic) bond motifs is 4. The second-order valence-electron chi connectivity index (χ2n) is 6.60. The Morgan fingerprint density at radius 1 is 1.23 bits per heavy atom. The number of hydrogen-bond donors (Lipinski definition) is 1. The number of nitrogens with zero attached hydrogens (tertiary/aromatic N) is 1. The lowest BCUT2D eigenvalue weighted by atomic mass is 9.90. The largest absolute Gasteiger partial charge is 0.493 e. The van der Waals surface area contributed by atoms with Gasteiger partial charge in [0.1, 0.15) is 5.75 Å². The third kappa shape index (κ3) is 2.56. The van der Waals surface area contributed by atoms with E-state index in [1.165, 1.54) is 0 Å². The van der Waals surface area contributed by atoms with Crippen LogP contribution in [-0.4, -0.2) is 24.6 Å². The average Bonchev–Trinajstić information content (AvgIpc) is 2.62. The van der Waals surface area contributed by atoms with Crippen LogP contribution in [0.3, 0.4) is 0 Å². The Balaban J connectivity index is 1.82. The fourth-order valence-corrected chi connectivity index (χ4v) is 4.24. The molecule has 5 nitrogen and oxygen atoms in total. The Hall–Kier alpha value is -2.47. The van der Waals surface area contributed by atoms with Crippen molar-refractivity contribution in [2.45, 2.75) is 32.0 Å². The summed E-state index contributed by atoms with van der Waals surface area (Å²) >= 11 is 5.72. The van der Waals surface area contributed by atoms with Crippen LogP contribution in [0.15, 0.2) is 42.5 Å². The maximum Gasteiger partial charge on any atom is 0.188 e. The minimum Gasteiger partial charge on any atom is -0.493 e. The number of nitrogens with one attached hydrogen (secondary N) is 1. The number of anilines is 1. The Morgan fingerprint density at radius 3 is 2.77 bits per heavy atom. The first-order chi connectivity index (χ1) is 12.6. The quantitative estimate of drug-likeness (QED) is 0.820. The molecule has 4 rings (SSSR count). The predicted octanol–water partition coefficient (Wildman–Crippen LogP) is 4.03. The first-order valence-electron chi connectivity index (χ1n) is 8.76. The molecule has 136 valence electrons. The molecule has 0 aromatic heterocycles. The van der Waals surface area contributed by atoms with Gasteiger partial charge in [0.05, 0.1) is 25.4 Å². The molecule has 2 aliphatic rings. The Bertz CT molecular complexity index is 857. The summed E-state index contributed by atoms with van der Waals surface area (Å²) in [4.78, 5) is 2.01. The highest BCUT2D eigenvalue weighted by molar-refractivity contribution is 7.80. The zero-order chi connectivity index (χ0) is 18.3. The maximum absolute atomic E-state index is 6.50. The van der Waals surface area contributed by atoms with E-state index in [2.05, 4.69) is 18.3 Å². The standard InChI is InChI=1S/C20H22N2O3S/c1-4-24-16-10-6-5-9-15(16)22-19(26)21-14-12-20(22,2)25-18-13(14)8-7-11-17(18)23-3/h5-11,14H,4,12H2,1-3H3,(H,21,26)/t14-,20+/m1/s1. The minimum absolute atomic E-state index is 0.0851. The summed E-state index contributed by atoms with van der Waals surface area (Å²) in [6.07, 6.45) is 0.758. The summed E-state index contributed by atoms with van der Waals surface area (Å²) in [6.45, 7) is 4.62. The van der Waals surface area contributed by atoms with Gasteiger partial charge in [-0.1, -0.05) is 24.3 Å². The van der Waals surface area contributed by atoms with E-state index < -0.39 is 5.72 Å². The van der Waals surface area contributed by atoms with Crippen LogP contribution in [-0.2, 0) is 0 Å². The smallest absolute Gasteiger partial charge is 0.188 e. The average molecular weight is 370 g/mol. The van der Waals surface area contributed by atoms with Gasteiger partial charge in [-0.15, -0.1) is 0 Å². The van der Waals surface area contributed by atoms with Crippen LogP contribution in [0.1, 0.15) is 31.9 Å². The third-order valence-corrected chi connectivity index (χ3v) is 5.19. The highest BCUT2D eigenvalue weighted by atomic mass is 32.1. The molecule has 2 heterocycles. The van der Waals surface area contributed by atoms with Gasteiger partial charge in [0.25, 0.3) is 0 Å². The van der Waals surface area contributed by atoms with Crippen LogP contribution in [0, 0.1) is 0 Å². The van der Waals surface area contributed by atoms with Crippen molar-refractivity contribution < 1.29 is 14.2 Å². The summed E-state index contributed by atoms with van der Waals surface area (Å²) in [6, 6.07) is 13.9. The summed E-state index contributed by atoms with van der Waals surface area (Å²) < 4.78 is 17.9. The molecule has 6 heteroatoms. The Labute approximate surface area is 158 Å². The van der Waals surface area contributed by atoms with E-state index in [9.17, 15) is 0 Å². The maximum atomic E-state index is 6.50. The molecule has 0 saturated carbocycles. The minimum atomic E-state index is -0.637.